The van der Waals surface area contributed by atoms with E-state index in [2.05, 4.69) is 5.32 Å². The average molecular weight is 347 g/mol. The van der Waals surface area contributed by atoms with Gasteiger partial charge in [-0.2, -0.15) is 0 Å². The molecule has 3 rings (SSSR count). The molecular formula is C22H21NO3. The first kappa shape index (κ1) is 17.7. The maximum atomic E-state index is 12.1. The predicted molar refractivity (Wildman–Crippen MR) is 101 cm³/mol. The molecular weight excluding hydrogens is 326 g/mol. The van der Waals surface area contributed by atoms with Crippen LogP contribution < -0.4 is 5.32 Å². The van der Waals surface area contributed by atoms with Crippen molar-refractivity contribution in [1.82, 2.24) is 5.32 Å². The Hall–Kier alpha value is -3.11. The van der Waals surface area contributed by atoms with Crippen molar-refractivity contribution in [2.24, 2.45) is 0 Å². The molecule has 26 heavy (non-hydrogen) atoms. The van der Waals surface area contributed by atoms with Crippen LogP contribution in [0.25, 0.3) is 0 Å². The van der Waals surface area contributed by atoms with Crippen molar-refractivity contribution >= 4 is 6.09 Å². The van der Waals surface area contributed by atoms with Crippen molar-refractivity contribution in [3.8, 4) is 0 Å². The summed E-state index contributed by atoms with van der Waals surface area (Å²) >= 11 is 0. The van der Waals surface area contributed by atoms with Crippen molar-refractivity contribution in [1.29, 1.82) is 0 Å². The number of alkyl carbamates (subject to hydrolysis) is 1. The maximum Gasteiger partial charge on any atom is 0.407 e. The van der Waals surface area contributed by atoms with Crippen molar-refractivity contribution in [2.45, 2.75) is 11.6 Å². The first-order valence-electron chi connectivity index (χ1n) is 8.39. The number of aliphatic hydroxyl groups is 1. The fraction of sp³-hybridized carbons (Fsp3) is 0.136. The standard InChI is InChI=1S/C22H21NO3/c1-26-21(24)23-20(17-11-5-2-6-12-17)22(25,18-13-7-3-8-14-18)19-15-9-4-10-16-19/h2-16,20,25H,1H3,(H,23,24). The summed E-state index contributed by atoms with van der Waals surface area (Å²) in [4.78, 5) is 12.1. The molecule has 4 nitrogen and oxygen atoms in total. The van der Waals surface area contributed by atoms with Crippen molar-refractivity contribution < 1.29 is 14.6 Å². The summed E-state index contributed by atoms with van der Waals surface area (Å²) in [5.41, 5.74) is 0.652. The van der Waals surface area contributed by atoms with Gasteiger partial charge >= 0.3 is 6.09 Å². The van der Waals surface area contributed by atoms with Gasteiger partial charge in [0.25, 0.3) is 0 Å². The van der Waals surface area contributed by atoms with Crippen LogP contribution in [-0.2, 0) is 10.3 Å². The second-order valence-electron chi connectivity index (χ2n) is 5.98. The lowest BCUT2D eigenvalue weighted by Gasteiger charge is -2.37. The maximum absolute atomic E-state index is 12.1. The summed E-state index contributed by atoms with van der Waals surface area (Å²) in [6.45, 7) is 0. The molecule has 2 N–H and O–H groups in total. The third-order valence-electron chi connectivity index (χ3n) is 4.43. The Bertz CT molecular complexity index is 796. The average Bonchev–Trinajstić information content (AvgIpc) is 2.73. The van der Waals surface area contributed by atoms with Gasteiger partial charge in [0.1, 0.15) is 5.60 Å². The summed E-state index contributed by atoms with van der Waals surface area (Å²) in [5.74, 6) is 0. The number of benzene rings is 3. The fourth-order valence-corrected chi connectivity index (χ4v) is 3.14. The molecule has 0 heterocycles. The van der Waals surface area contributed by atoms with E-state index in [1.165, 1.54) is 7.11 Å². The minimum absolute atomic E-state index is 0.607. The Morgan fingerprint density at radius 3 is 1.69 bits per heavy atom. The minimum atomic E-state index is -1.47. The number of carbonyl (C=O) groups is 1. The number of rotatable bonds is 5. The van der Waals surface area contributed by atoms with E-state index in [1.54, 1.807) is 0 Å². The molecule has 1 unspecified atom stereocenters. The van der Waals surface area contributed by atoms with Gasteiger partial charge in [-0.25, -0.2) is 4.79 Å². The molecule has 3 aromatic carbocycles. The third kappa shape index (κ3) is 3.46. The molecule has 0 aliphatic heterocycles. The summed E-state index contributed by atoms with van der Waals surface area (Å²) < 4.78 is 4.81. The molecule has 4 heteroatoms. The van der Waals surface area contributed by atoms with E-state index in [9.17, 15) is 9.90 Å². The molecule has 0 radical (unpaired) electrons. The largest absolute Gasteiger partial charge is 0.453 e. The second kappa shape index (κ2) is 7.85. The van der Waals surface area contributed by atoms with E-state index in [0.29, 0.717) is 11.1 Å². The van der Waals surface area contributed by atoms with E-state index in [-0.39, 0.29) is 0 Å². The van der Waals surface area contributed by atoms with Gasteiger partial charge in [-0.05, 0) is 16.7 Å². The first-order chi connectivity index (χ1) is 12.7. The van der Waals surface area contributed by atoms with Gasteiger partial charge in [0, 0.05) is 0 Å². The van der Waals surface area contributed by atoms with Crippen molar-refractivity contribution in [2.75, 3.05) is 7.11 Å². The Balaban J connectivity index is 2.21. The molecule has 1 atom stereocenters. The van der Waals surface area contributed by atoms with Crippen LogP contribution in [0.5, 0.6) is 0 Å². The van der Waals surface area contributed by atoms with Crippen LogP contribution in [0.3, 0.4) is 0 Å². The third-order valence-corrected chi connectivity index (χ3v) is 4.43. The molecule has 3 aromatic rings. The topological polar surface area (TPSA) is 58.6 Å². The number of hydrogen-bond acceptors (Lipinski definition) is 3. The van der Waals surface area contributed by atoms with Crippen LogP contribution in [-0.4, -0.2) is 18.3 Å². The highest BCUT2D eigenvalue weighted by atomic mass is 16.5. The molecule has 0 aliphatic rings. The van der Waals surface area contributed by atoms with Crippen LogP contribution in [0, 0.1) is 0 Å². The Labute approximate surface area is 153 Å². The minimum Gasteiger partial charge on any atom is -0.453 e. The Morgan fingerprint density at radius 2 is 1.27 bits per heavy atom. The van der Waals surface area contributed by atoms with Crippen LogP contribution in [0.2, 0.25) is 0 Å². The fourth-order valence-electron chi connectivity index (χ4n) is 3.14. The number of ether oxygens (including phenoxy) is 1. The zero-order valence-electron chi connectivity index (χ0n) is 14.5. The van der Waals surface area contributed by atoms with E-state index in [4.69, 9.17) is 4.74 Å². The molecule has 0 bridgehead atoms. The van der Waals surface area contributed by atoms with E-state index < -0.39 is 17.7 Å². The molecule has 0 saturated carbocycles. The molecule has 132 valence electrons. The molecule has 0 fully saturated rings. The van der Waals surface area contributed by atoms with Gasteiger partial charge in [0.15, 0.2) is 0 Å². The van der Waals surface area contributed by atoms with Gasteiger partial charge in [0.2, 0.25) is 0 Å². The number of hydrogen-bond donors (Lipinski definition) is 2. The lowest BCUT2D eigenvalue weighted by Crippen LogP contribution is -2.45. The van der Waals surface area contributed by atoms with Gasteiger partial charge in [-0.1, -0.05) is 91.0 Å². The van der Waals surface area contributed by atoms with E-state index >= 15 is 0 Å². The number of nitrogens with one attached hydrogen (secondary N) is 1. The summed E-state index contributed by atoms with van der Waals surface area (Å²) in [5, 5.41) is 14.8. The zero-order valence-corrected chi connectivity index (χ0v) is 14.5. The van der Waals surface area contributed by atoms with Gasteiger partial charge in [-0.3, -0.25) is 0 Å². The van der Waals surface area contributed by atoms with Crippen molar-refractivity contribution in [3.63, 3.8) is 0 Å². The Morgan fingerprint density at radius 1 is 0.846 bits per heavy atom. The summed E-state index contributed by atoms with van der Waals surface area (Å²) in [6.07, 6.45) is -0.607. The lowest BCUT2D eigenvalue weighted by molar-refractivity contribution is 0.0350. The van der Waals surface area contributed by atoms with Crippen molar-refractivity contribution in [3.05, 3.63) is 108 Å². The van der Waals surface area contributed by atoms with Gasteiger partial charge < -0.3 is 15.2 Å². The van der Waals surface area contributed by atoms with E-state index in [1.807, 2.05) is 91.0 Å². The monoisotopic (exact) mass is 347 g/mol. The van der Waals surface area contributed by atoms with Crippen LogP contribution in [0.15, 0.2) is 91.0 Å². The van der Waals surface area contributed by atoms with Crippen LogP contribution in [0.1, 0.15) is 22.7 Å². The molecule has 0 spiro atoms. The second-order valence-corrected chi connectivity index (χ2v) is 5.98. The van der Waals surface area contributed by atoms with Crippen LogP contribution >= 0.6 is 0 Å². The Kier molecular flexibility index (Phi) is 5.34. The lowest BCUT2D eigenvalue weighted by atomic mass is 9.77. The summed E-state index contributed by atoms with van der Waals surface area (Å²) in [7, 11) is 1.31. The highest BCUT2D eigenvalue weighted by Crippen LogP contribution is 2.41. The van der Waals surface area contributed by atoms with Crippen LogP contribution in [0.4, 0.5) is 4.79 Å². The zero-order chi connectivity index (χ0) is 18.4. The van der Waals surface area contributed by atoms with Gasteiger partial charge in [0.05, 0.1) is 13.2 Å². The van der Waals surface area contributed by atoms with E-state index in [0.717, 1.165) is 5.56 Å². The predicted octanol–water partition coefficient (Wildman–Crippen LogP) is 4.02. The molecule has 0 saturated heterocycles. The first-order valence-corrected chi connectivity index (χ1v) is 8.39. The highest BCUT2D eigenvalue weighted by Gasteiger charge is 2.42. The quantitative estimate of drug-likeness (QED) is 0.733. The molecule has 0 aromatic heterocycles. The number of amides is 1. The van der Waals surface area contributed by atoms with Gasteiger partial charge in [-0.15, -0.1) is 0 Å². The molecule has 1 amide bonds. The highest BCUT2D eigenvalue weighted by molar-refractivity contribution is 5.68. The smallest absolute Gasteiger partial charge is 0.407 e. The molecule has 0 aliphatic carbocycles. The number of methoxy groups -OCH3 is 1. The summed E-state index contributed by atoms with van der Waals surface area (Å²) in [6, 6.07) is 27.3. The normalized spacial score (nSPS) is 12.2. The SMILES string of the molecule is COC(=O)NC(c1ccccc1)C(O)(c1ccccc1)c1ccccc1. The number of carbonyl (C=O) groups excluding carboxylic acids is 1.